The van der Waals surface area contributed by atoms with Crippen molar-refractivity contribution in [3.05, 3.63) is 44.5 Å². The summed E-state index contributed by atoms with van der Waals surface area (Å²) in [6, 6.07) is -0.840. The number of carbonyl (C=O) groups is 3. The molecule has 4 rings (SSSR count). The Kier molecular flexibility index (Phi) is 26.0. The van der Waals surface area contributed by atoms with Gasteiger partial charge in [0, 0.05) is 31.8 Å². The van der Waals surface area contributed by atoms with E-state index in [1.54, 1.807) is 27.7 Å². The molecule has 2 aliphatic rings. The van der Waals surface area contributed by atoms with Gasteiger partial charge in [0.2, 0.25) is 0 Å². The topological polar surface area (TPSA) is 504 Å². The number of anilines is 2. The molecule has 2 aromatic heterocycles. The van der Waals surface area contributed by atoms with Gasteiger partial charge in [0.15, 0.2) is 13.2 Å². The molecule has 0 aliphatic carbocycles. The van der Waals surface area contributed by atoms with E-state index in [0.717, 1.165) is 21.8 Å². The molecule has 0 aromatic carbocycles. The molecule has 2 aliphatic heterocycles. The molecule has 2 fully saturated rings. The smallest absolute Gasteiger partial charge is 0.452 e. The minimum Gasteiger partial charge on any atom is -0.452 e. The van der Waals surface area contributed by atoms with E-state index in [-0.39, 0.29) is 61.3 Å². The van der Waals surface area contributed by atoms with E-state index in [2.05, 4.69) is 52.1 Å². The minimum absolute atomic E-state index is 0.0303. The maximum atomic E-state index is 12.4. The van der Waals surface area contributed by atoms with Crippen molar-refractivity contribution in [3.63, 3.8) is 0 Å². The summed E-state index contributed by atoms with van der Waals surface area (Å²) in [5.74, 6) is 8.77. The maximum absolute atomic E-state index is 12.4. The highest BCUT2D eigenvalue weighted by atomic mass is 31.3. The maximum Gasteiger partial charge on any atom is 0.490 e. The second-order valence-corrected chi connectivity index (χ2v) is 22.3. The van der Waals surface area contributed by atoms with Crippen LogP contribution in [0, 0.1) is 29.6 Å². The highest BCUT2D eigenvalue weighted by Crippen LogP contribution is 2.66. The number of esters is 2. The largest absolute Gasteiger partial charge is 0.490 e. The molecule has 0 bridgehead atoms. The van der Waals surface area contributed by atoms with Gasteiger partial charge in [-0.1, -0.05) is 43.4 Å². The fourth-order valence-corrected chi connectivity index (χ4v) is 9.71. The average Bonchev–Trinajstić information content (AvgIpc) is 3.88. The van der Waals surface area contributed by atoms with Gasteiger partial charge in [-0.3, -0.25) is 23.2 Å². The first-order valence-corrected chi connectivity index (χ1v) is 27.9. The van der Waals surface area contributed by atoms with E-state index in [4.69, 9.17) is 56.4 Å². The molecular weight excluding hydrogens is 1090 g/mol. The van der Waals surface area contributed by atoms with Gasteiger partial charge in [0.05, 0.1) is 42.5 Å². The molecule has 16 N–H and O–H groups in total. The molecule has 4 heterocycles. The number of nitrogens with two attached hydrogens (primary N) is 4. The van der Waals surface area contributed by atoms with Crippen LogP contribution >= 0.6 is 23.5 Å². The molecule has 2 aromatic rings. The summed E-state index contributed by atoms with van der Waals surface area (Å²) in [5, 5.41) is 32.1. The Balaban J connectivity index is 0.000000409. The zero-order valence-electron chi connectivity index (χ0n) is 42.3. The Morgan fingerprint density at radius 1 is 0.805 bits per heavy atom. The molecule has 1 amide bonds. The number of amides is 1. The standard InChI is InChI=1S/C24H36N4O8.C18H30N5O15P3/c1-15(8-5-6-10-26-23(33)36-24(2,3)4)21(31)34-11-7-9-16-13-28(22(32)27-20(16)25)19-12-17(30)18(14-29)35-19;19-6-2-1-5-12(20)17(25)34-7-3-4-11-9-23(18(26)22-16(11)21)15-8-13(24)14(36-15)10-35-40(30,31)38-41(32,33)37-39(27,28)29/h13,15,17-19,29-30H,5-6,8,10-12,14H2,1-4H3,(H,26,33)(H2,25,27,32);9,12-15,24H,1-2,5-8,10,19-20H2,(H,30,31)(H,32,33)(H2,21,22,26)(H2,27,28,29)/t15?,17?,18-,19-;12?,13?,14-,15-/m11/s1. The number of aliphatic hydroxyl groups excluding tert-OH is 3. The number of unbranched alkanes of at least 4 members (excludes halogenated alkanes) is 2. The fourth-order valence-electron chi connectivity index (χ4n) is 6.68. The number of rotatable bonds is 23. The lowest BCUT2D eigenvalue weighted by atomic mass is 10.0. The number of phosphoric acid groups is 3. The number of nitrogens with zero attached hydrogens (tertiary/aromatic N) is 4. The van der Waals surface area contributed by atoms with Crippen LogP contribution in [0.5, 0.6) is 0 Å². The summed E-state index contributed by atoms with van der Waals surface area (Å²) in [6.45, 7) is 6.21. The van der Waals surface area contributed by atoms with E-state index in [9.17, 15) is 62.8 Å². The van der Waals surface area contributed by atoms with Crippen LogP contribution in [0.1, 0.15) is 103 Å². The van der Waals surface area contributed by atoms with Crippen molar-refractivity contribution in [1.29, 1.82) is 0 Å². The number of alkyl carbamates (subject to hydrolysis) is 1. The number of aliphatic hydroxyl groups is 3. The van der Waals surface area contributed by atoms with Gasteiger partial charge in [-0.15, -0.1) is 0 Å². The van der Waals surface area contributed by atoms with Gasteiger partial charge in [-0.05, 0) is 53.0 Å². The second-order valence-electron chi connectivity index (χ2n) is 17.9. The van der Waals surface area contributed by atoms with Gasteiger partial charge in [-0.2, -0.15) is 18.6 Å². The quantitative estimate of drug-likeness (QED) is 0.0206. The van der Waals surface area contributed by atoms with Gasteiger partial charge >= 0.3 is 52.9 Å². The second kappa shape index (κ2) is 30.3. The Bertz CT molecular complexity index is 2730. The zero-order valence-corrected chi connectivity index (χ0v) is 45.0. The van der Waals surface area contributed by atoms with E-state index in [1.165, 1.54) is 6.20 Å². The molecule has 0 spiro atoms. The molecule has 0 radical (unpaired) electrons. The van der Waals surface area contributed by atoms with Crippen molar-refractivity contribution in [2.45, 2.75) is 128 Å². The number of ether oxygens (including phenoxy) is 5. The first kappa shape index (κ1) is 66.1. The summed E-state index contributed by atoms with van der Waals surface area (Å²) in [4.78, 5) is 103. The molecule has 35 heteroatoms. The van der Waals surface area contributed by atoms with Crippen LogP contribution < -0.4 is 39.6 Å². The normalized spacial score (nSPS) is 21.5. The Morgan fingerprint density at radius 2 is 1.31 bits per heavy atom. The lowest BCUT2D eigenvalue weighted by Gasteiger charge is -2.19. The van der Waals surface area contributed by atoms with E-state index in [0.29, 0.717) is 45.2 Å². The van der Waals surface area contributed by atoms with Crippen molar-refractivity contribution in [3.8, 4) is 23.7 Å². The van der Waals surface area contributed by atoms with E-state index < -0.39 is 108 Å². The number of hydrogen-bond donors (Lipinski definition) is 12. The predicted molar refractivity (Wildman–Crippen MR) is 266 cm³/mol. The lowest BCUT2D eigenvalue weighted by Crippen LogP contribution is -2.33. The number of carbonyl (C=O) groups excluding carboxylic acids is 3. The highest BCUT2D eigenvalue weighted by molar-refractivity contribution is 7.66. The monoisotopic (exact) mass is 1160 g/mol. The first-order valence-electron chi connectivity index (χ1n) is 23.4. The first-order chi connectivity index (χ1) is 35.8. The van der Waals surface area contributed by atoms with E-state index >= 15 is 0 Å². The summed E-state index contributed by atoms with van der Waals surface area (Å²) in [7, 11) is -16.8. The zero-order chi connectivity index (χ0) is 57.9. The summed E-state index contributed by atoms with van der Waals surface area (Å²) in [6.07, 6.45) is -0.871. The van der Waals surface area contributed by atoms with Crippen LogP contribution in [0.15, 0.2) is 22.0 Å². The van der Waals surface area contributed by atoms with Crippen LogP contribution in [0.4, 0.5) is 16.4 Å². The Morgan fingerprint density at radius 3 is 1.81 bits per heavy atom. The molecule has 77 heavy (non-hydrogen) atoms. The minimum atomic E-state index is -5.74. The van der Waals surface area contributed by atoms with Crippen molar-refractivity contribution in [1.82, 2.24) is 24.4 Å². The molecule has 6 unspecified atom stereocenters. The number of aromatic nitrogens is 4. The van der Waals surface area contributed by atoms with Crippen molar-refractivity contribution in [2.24, 2.45) is 17.4 Å². The highest BCUT2D eigenvalue weighted by Gasteiger charge is 2.43. The van der Waals surface area contributed by atoms with Gasteiger partial charge in [0.1, 0.15) is 47.9 Å². The van der Waals surface area contributed by atoms with Crippen LogP contribution in [-0.4, -0.2) is 148 Å². The van der Waals surface area contributed by atoms with Crippen LogP contribution in [0.25, 0.3) is 0 Å². The lowest BCUT2D eigenvalue weighted by molar-refractivity contribution is -0.146. The summed E-state index contributed by atoms with van der Waals surface area (Å²) >= 11 is 0. The van der Waals surface area contributed by atoms with Crippen LogP contribution in [-0.2, 0) is 60.1 Å². The SMILES string of the molecule is CC(CCCCNC(=O)OC(C)(C)C)C(=O)OCC#Cc1cn([C@H]2CC(O)[C@@H](CO)O2)c(=O)nc1N.NCCCCC(N)C(=O)OCC#Cc1cn([C@H]2CC(O)[C@@H](COP(=O)(O)OP(=O)(O)OP(=O)(O)O)O2)c(=O)nc1N. The summed E-state index contributed by atoms with van der Waals surface area (Å²) in [5.41, 5.74) is 20.8. The predicted octanol–water partition coefficient (Wildman–Crippen LogP) is -1.14. The number of hydrogen-bond acceptors (Lipinski definition) is 25. The number of nitrogen functional groups attached to an aromatic ring is 2. The van der Waals surface area contributed by atoms with Gasteiger partial charge in [-0.25, -0.2) is 28.1 Å². The average molecular weight is 1160 g/mol. The third-order valence-electron chi connectivity index (χ3n) is 10.4. The summed E-state index contributed by atoms with van der Waals surface area (Å²) < 4.78 is 74.0. The number of nitrogens with one attached hydrogen (secondary N) is 1. The van der Waals surface area contributed by atoms with Crippen molar-refractivity contribution < 1.29 is 99.8 Å². The molecule has 32 nitrogen and oxygen atoms in total. The van der Waals surface area contributed by atoms with Crippen molar-refractivity contribution >= 4 is 53.1 Å². The molecule has 2 saturated heterocycles. The molecule has 10 atom stereocenters. The Hall–Kier alpha value is -5.18. The molecule has 0 saturated carbocycles. The third-order valence-corrected chi connectivity index (χ3v) is 14.2. The Labute approximate surface area is 440 Å². The van der Waals surface area contributed by atoms with Crippen LogP contribution in [0.2, 0.25) is 0 Å². The third kappa shape index (κ3) is 23.8. The van der Waals surface area contributed by atoms with Crippen molar-refractivity contribution in [2.75, 3.05) is 51.0 Å². The van der Waals surface area contributed by atoms with E-state index in [1.807, 2.05) is 0 Å². The number of phosphoric ester groups is 1. The molecular formula is C42H66N9O23P3. The van der Waals surface area contributed by atoms with Gasteiger partial charge in [0.25, 0.3) is 0 Å². The van der Waals surface area contributed by atoms with Gasteiger partial charge < -0.3 is 86.8 Å². The molecule has 432 valence electrons. The fraction of sp³-hybridized carbons (Fsp3) is 0.643. The van der Waals surface area contributed by atoms with Crippen LogP contribution in [0.3, 0.4) is 0 Å².